The zero-order valence-electron chi connectivity index (χ0n) is 11.5. The van der Waals surface area contributed by atoms with E-state index >= 15 is 0 Å². The van der Waals surface area contributed by atoms with Crippen LogP contribution < -0.4 is 5.73 Å². The molecule has 0 aliphatic heterocycles. The topological polar surface area (TPSA) is 46.3 Å². The molecule has 0 aliphatic carbocycles. The van der Waals surface area contributed by atoms with E-state index in [0.717, 1.165) is 13.0 Å². The first-order chi connectivity index (χ1) is 7.86. The van der Waals surface area contributed by atoms with E-state index in [1.165, 1.54) is 0 Å². The summed E-state index contributed by atoms with van der Waals surface area (Å²) in [5.74, 6) is 1.15. The molecule has 0 saturated heterocycles. The summed E-state index contributed by atoms with van der Waals surface area (Å²) < 4.78 is 0. The van der Waals surface area contributed by atoms with Gasteiger partial charge in [-0.3, -0.25) is 4.79 Å². The third kappa shape index (κ3) is 8.13. The number of hydrogen-bond acceptors (Lipinski definition) is 2. The Kier molecular flexibility index (Phi) is 8.13. The highest BCUT2D eigenvalue weighted by Crippen LogP contribution is 2.11. The van der Waals surface area contributed by atoms with Crippen molar-refractivity contribution in [2.45, 2.75) is 47.0 Å². The minimum atomic E-state index is 0.226. The van der Waals surface area contributed by atoms with Gasteiger partial charge in [0, 0.05) is 25.9 Å². The minimum Gasteiger partial charge on any atom is -0.393 e. The normalized spacial score (nSPS) is 12.5. The molecule has 0 fully saturated rings. The predicted octanol–water partition coefficient (Wildman–Crippen LogP) is 2.58. The molecule has 1 unspecified atom stereocenters. The fraction of sp³-hybridized carbons (Fsp3) is 0.846. The van der Waals surface area contributed by atoms with Gasteiger partial charge in [0.25, 0.3) is 0 Å². The lowest BCUT2D eigenvalue weighted by Crippen LogP contribution is -2.37. The molecule has 100 valence electrons. The summed E-state index contributed by atoms with van der Waals surface area (Å²) in [6, 6.07) is 0. The van der Waals surface area contributed by atoms with Gasteiger partial charge in [0.05, 0.1) is 4.99 Å². The van der Waals surface area contributed by atoms with Gasteiger partial charge in [-0.2, -0.15) is 0 Å². The van der Waals surface area contributed by atoms with Crippen LogP contribution in [0.5, 0.6) is 0 Å². The van der Waals surface area contributed by atoms with E-state index in [9.17, 15) is 4.79 Å². The van der Waals surface area contributed by atoms with E-state index in [1.54, 1.807) is 0 Å². The van der Waals surface area contributed by atoms with Crippen LogP contribution in [0.25, 0.3) is 0 Å². The van der Waals surface area contributed by atoms with Crippen LogP contribution in [-0.2, 0) is 4.79 Å². The third-order valence-corrected chi connectivity index (χ3v) is 2.99. The lowest BCUT2D eigenvalue weighted by atomic mass is 10.0. The highest BCUT2D eigenvalue weighted by Gasteiger charge is 2.16. The number of thiocarbonyl (C=S) groups is 1. The summed E-state index contributed by atoms with van der Waals surface area (Å²) >= 11 is 4.86. The molecule has 3 nitrogen and oxygen atoms in total. The van der Waals surface area contributed by atoms with Crippen LogP contribution in [0, 0.1) is 11.8 Å². The first kappa shape index (κ1) is 16.4. The molecule has 0 aromatic heterocycles. The average Bonchev–Trinajstić information content (AvgIpc) is 2.22. The van der Waals surface area contributed by atoms with E-state index in [4.69, 9.17) is 18.0 Å². The monoisotopic (exact) mass is 258 g/mol. The lowest BCUT2D eigenvalue weighted by Gasteiger charge is -2.25. The highest BCUT2D eigenvalue weighted by atomic mass is 32.1. The molecule has 0 aromatic carbocycles. The summed E-state index contributed by atoms with van der Waals surface area (Å²) in [5.41, 5.74) is 5.49. The molecular weight excluding hydrogens is 232 g/mol. The number of hydrogen-bond donors (Lipinski definition) is 1. The molecule has 1 atom stereocenters. The fourth-order valence-corrected chi connectivity index (χ4v) is 1.67. The van der Waals surface area contributed by atoms with Crippen LogP contribution in [0.3, 0.4) is 0 Å². The standard InChI is InChI=1S/C13H26N2OS/c1-5-11(4)8-13(16)15(9-10(2)3)7-6-12(14)17/h10-11H,5-9H2,1-4H3,(H2,14,17). The average molecular weight is 258 g/mol. The van der Waals surface area contributed by atoms with Crippen LogP contribution in [0.1, 0.15) is 47.0 Å². The molecule has 0 aromatic rings. The second-order valence-corrected chi connectivity index (χ2v) is 5.69. The van der Waals surface area contributed by atoms with Gasteiger partial charge in [-0.25, -0.2) is 0 Å². The molecule has 4 heteroatoms. The fourth-order valence-electron chi connectivity index (χ4n) is 1.58. The van der Waals surface area contributed by atoms with Gasteiger partial charge in [0.15, 0.2) is 0 Å². The number of carbonyl (C=O) groups is 1. The van der Waals surface area contributed by atoms with Crippen molar-refractivity contribution < 1.29 is 4.79 Å². The van der Waals surface area contributed by atoms with Crippen molar-refractivity contribution in [3.05, 3.63) is 0 Å². The second-order valence-electron chi connectivity index (χ2n) is 5.17. The smallest absolute Gasteiger partial charge is 0.222 e. The van der Waals surface area contributed by atoms with E-state index < -0.39 is 0 Å². The molecule has 0 heterocycles. The van der Waals surface area contributed by atoms with Gasteiger partial charge in [0.1, 0.15) is 0 Å². The molecule has 0 spiro atoms. The quantitative estimate of drug-likeness (QED) is 0.681. The predicted molar refractivity (Wildman–Crippen MR) is 76.9 cm³/mol. The van der Waals surface area contributed by atoms with Crippen molar-refractivity contribution in [3.63, 3.8) is 0 Å². The molecule has 0 saturated carbocycles. The Balaban J connectivity index is 4.33. The summed E-state index contributed by atoms with van der Waals surface area (Å²) in [7, 11) is 0. The third-order valence-electron chi connectivity index (χ3n) is 2.79. The van der Waals surface area contributed by atoms with Crippen molar-refractivity contribution in [1.82, 2.24) is 4.90 Å². The van der Waals surface area contributed by atoms with Crippen molar-refractivity contribution in [1.29, 1.82) is 0 Å². The van der Waals surface area contributed by atoms with E-state index in [-0.39, 0.29) is 5.91 Å². The molecule has 2 N–H and O–H groups in total. The van der Waals surface area contributed by atoms with Gasteiger partial charge in [-0.15, -0.1) is 0 Å². The Hall–Kier alpha value is -0.640. The summed E-state index contributed by atoms with van der Waals surface area (Å²) in [5, 5.41) is 0. The Bertz CT molecular complexity index is 254. The van der Waals surface area contributed by atoms with Crippen LogP contribution in [0.2, 0.25) is 0 Å². The van der Waals surface area contributed by atoms with Gasteiger partial charge >= 0.3 is 0 Å². The van der Waals surface area contributed by atoms with Crippen molar-refractivity contribution in [2.75, 3.05) is 13.1 Å². The van der Waals surface area contributed by atoms with Crippen LogP contribution >= 0.6 is 12.2 Å². The minimum absolute atomic E-state index is 0.226. The zero-order valence-corrected chi connectivity index (χ0v) is 12.3. The molecule has 0 radical (unpaired) electrons. The Morgan fingerprint density at radius 2 is 1.94 bits per heavy atom. The van der Waals surface area contributed by atoms with E-state index in [2.05, 4.69) is 27.7 Å². The lowest BCUT2D eigenvalue weighted by molar-refractivity contribution is -0.132. The summed E-state index contributed by atoms with van der Waals surface area (Å²) in [4.78, 5) is 14.5. The Labute approximate surface area is 111 Å². The maximum atomic E-state index is 12.1. The van der Waals surface area contributed by atoms with Gasteiger partial charge in [-0.05, 0) is 11.8 Å². The maximum absolute atomic E-state index is 12.1. The first-order valence-electron chi connectivity index (χ1n) is 6.42. The van der Waals surface area contributed by atoms with Gasteiger partial charge in [0.2, 0.25) is 5.91 Å². The first-order valence-corrected chi connectivity index (χ1v) is 6.83. The summed E-state index contributed by atoms with van der Waals surface area (Å²) in [6.45, 7) is 9.90. The molecular formula is C13H26N2OS. The molecule has 17 heavy (non-hydrogen) atoms. The number of amides is 1. The summed E-state index contributed by atoms with van der Waals surface area (Å²) in [6.07, 6.45) is 2.28. The van der Waals surface area contributed by atoms with Crippen LogP contribution in [-0.4, -0.2) is 28.9 Å². The molecule has 0 bridgehead atoms. The maximum Gasteiger partial charge on any atom is 0.222 e. The number of carbonyl (C=O) groups excluding carboxylic acids is 1. The van der Waals surface area contributed by atoms with E-state index in [0.29, 0.717) is 36.2 Å². The number of nitrogens with two attached hydrogens (primary N) is 1. The van der Waals surface area contributed by atoms with Gasteiger partial charge < -0.3 is 10.6 Å². The second kappa shape index (κ2) is 8.45. The molecule has 0 aliphatic rings. The van der Waals surface area contributed by atoms with Gasteiger partial charge in [-0.1, -0.05) is 46.3 Å². The highest BCUT2D eigenvalue weighted by molar-refractivity contribution is 7.80. The SMILES string of the molecule is CCC(C)CC(=O)N(CCC(N)=S)CC(C)C. The van der Waals surface area contributed by atoms with Crippen molar-refractivity contribution >= 4 is 23.1 Å². The Morgan fingerprint density at radius 1 is 1.35 bits per heavy atom. The molecule has 1 amide bonds. The van der Waals surface area contributed by atoms with Crippen LogP contribution in [0.15, 0.2) is 0 Å². The van der Waals surface area contributed by atoms with Crippen molar-refractivity contribution in [2.24, 2.45) is 17.6 Å². The number of rotatable bonds is 8. The number of nitrogens with zero attached hydrogens (tertiary/aromatic N) is 1. The van der Waals surface area contributed by atoms with Crippen LogP contribution in [0.4, 0.5) is 0 Å². The van der Waals surface area contributed by atoms with Crippen molar-refractivity contribution in [3.8, 4) is 0 Å². The Morgan fingerprint density at radius 3 is 2.35 bits per heavy atom. The zero-order chi connectivity index (χ0) is 13.4. The molecule has 0 rings (SSSR count). The largest absolute Gasteiger partial charge is 0.393 e. The van der Waals surface area contributed by atoms with E-state index in [1.807, 2.05) is 4.90 Å².